The third kappa shape index (κ3) is 11.4. The van der Waals surface area contributed by atoms with Crippen LogP contribution in [0.25, 0.3) is 80.6 Å². The van der Waals surface area contributed by atoms with Gasteiger partial charge in [-0.2, -0.15) is 11.3 Å². The van der Waals surface area contributed by atoms with Gasteiger partial charge in [-0.25, -0.2) is 47.5 Å². The summed E-state index contributed by atoms with van der Waals surface area (Å²) in [5.41, 5.74) is 6.32. The number of nitrogens with zero attached hydrogens (tertiary/aromatic N) is 19. The molecule has 12 aromatic heterocycles. The zero-order chi connectivity index (χ0) is 70.5. The molecule has 2 N–H and O–H groups in total. The van der Waals surface area contributed by atoms with Crippen molar-refractivity contribution >= 4 is 129 Å². The van der Waals surface area contributed by atoms with E-state index in [0.29, 0.717) is 30.4 Å². The summed E-state index contributed by atoms with van der Waals surface area (Å²) >= 11 is 10.0. The van der Waals surface area contributed by atoms with Crippen molar-refractivity contribution in [1.29, 1.82) is 0 Å². The highest BCUT2D eigenvalue weighted by atomic mass is 32.1. The molecule has 0 amide bonds. The highest BCUT2D eigenvalue weighted by molar-refractivity contribution is 7.22. The SMILES string of the molecule is COc1ccc(-c2cnc3sc(NC4(N(c5nn6c(-c7ccsc7)cnc6s5)C5CCCCC5)CCC(c5cnc6sc(NC7CCCCC7)nn56)CC4(N(c4nn5c(-c6cccnc6)cnc5s4)C4CCCCC4)N(c4nn5c(-c6ccc7ccccc7c6)cnc5s4)C4CCCCC4)nn23)cc1OC. The molecule has 542 valence electrons. The molecule has 23 nitrogen and oxygen atoms in total. The Morgan fingerprint density at radius 3 is 1.57 bits per heavy atom. The maximum atomic E-state index is 6.19. The lowest BCUT2D eigenvalue weighted by Gasteiger charge is -2.69. The number of aromatic nitrogens is 16. The number of hydrogen-bond acceptors (Lipinski definition) is 24. The number of fused-ring (bicyclic) bond motifs is 6. The van der Waals surface area contributed by atoms with Gasteiger partial charge in [-0.3, -0.25) is 4.98 Å². The summed E-state index contributed by atoms with van der Waals surface area (Å²) in [6.45, 7) is 0. The van der Waals surface area contributed by atoms with E-state index >= 15 is 0 Å². The van der Waals surface area contributed by atoms with Crippen LogP contribution in [0.5, 0.6) is 11.5 Å². The molecule has 5 aliphatic rings. The van der Waals surface area contributed by atoms with Gasteiger partial charge in [-0.05, 0) is 123 Å². The number of methoxy groups -OCH3 is 2. The zero-order valence-electron chi connectivity index (χ0n) is 59.1. The highest BCUT2D eigenvalue weighted by Crippen LogP contribution is 2.61. The van der Waals surface area contributed by atoms with Crippen LogP contribution >= 0.6 is 68.0 Å². The number of ether oxygens (including phenoxy) is 2. The topological polar surface area (TPSA) is 216 Å². The van der Waals surface area contributed by atoms with E-state index in [-0.39, 0.29) is 24.0 Å². The average molecular weight is 1530 g/mol. The van der Waals surface area contributed by atoms with E-state index in [4.69, 9.17) is 65.2 Å². The summed E-state index contributed by atoms with van der Waals surface area (Å²) in [6.07, 6.45) is 37.1. The molecule has 5 fully saturated rings. The normalized spacial score (nSPS) is 20.5. The molecule has 3 unspecified atom stereocenters. The average Bonchev–Trinajstić information content (AvgIpc) is 0.743. The fourth-order valence-electron chi connectivity index (χ4n) is 18.4. The van der Waals surface area contributed by atoms with Gasteiger partial charge in [0.2, 0.25) is 50.5 Å². The van der Waals surface area contributed by atoms with E-state index in [9.17, 15) is 0 Å². The maximum absolute atomic E-state index is 6.19. The van der Waals surface area contributed by atoms with Gasteiger partial charge in [0.1, 0.15) is 0 Å². The molecule has 0 bridgehead atoms. The van der Waals surface area contributed by atoms with Crippen LogP contribution in [0.4, 0.5) is 25.7 Å². The molecule has 0 aliphatic heterocycles. The van der Waals surface area contributed by atoms with Crippen molar-refractivity contribution in [2.75, 3.05) is 39.6 Å². The van der Waals surface area contributed by atoms with Crippen LogP contribution in [0, 0.1) is 0 Å². The Bertz CT molecular complexity index is 5620. The molecule has 0 saturated heterocycles. The summed E-state index contributed by atoms with van der Waals surface area (Å²) in [5, 5.41) is 49.6. The van der Waals surface area contributed by atoms with Crippen molar-refractivity contribution in [2.45, 2.75) is 189 Å². The van der Waals surface area contributed by atoms with E-state index in [1.165, 1.54) is 30.0 Å². The number of anilines is 5. The number of hydrogen-bond donors (Lipinski definition) is 2. The van der Waals surface area contributed by atoms with Crippen LogP contribution in [-0.2, 0) is 0 Å². The van der Waals surface area contributed by atoms with Gasteiger partial charge in [0.25, 0.3) is 0 Å². The second kappa shape index (κ2) is 27.6. The highest BCUT2D eigenvalue weighted by Gasteiger charge is 2.70. The van der Waals surface area contributed by atoms with Crippen LogP contribution < -0.4 is 34.8 Å². The lowest BCUT2D eigenvalue weighted by atomic mass is 9.67. The first-order chi connectivity index (χ1) is 52.3. The van der Waals surface area contributed by atoms with Crippen molar-refractivity contribution in [1.82, 2.24) is 78.0 Å². The maximum Gasteiger partial charge on any atom is 0.214 e. The number of pyridine rings is 1. The second-order valence-electron chi connectivity index (χ2n) is 29.3. The standard InChI is InChI=1S/C77H81N21O2S6/c1-99-64-32-31-51(39-65(64)100-2)60-43-79-69-94(60)87-67(103-69)85-76(91(56-23-9-4-10-24-56)73-88-98-63(46-83-72(98)104-73)54-34-37-101-47-54)35-33-52(61-44-80-68-95(61)86-66(102-68)84-55-21-7-3-8-22-55)40-77(76,93(58-27-13-6-14-28-58)75-90-97-62(45-82-71(97)106-75)53-20-17-36-78-41-53)92(57-25-11-5-12-26-57)74-89-96-59(42-81-70(96)105-74)50-30-29-48-18-15-16-19-49(48)38-50/h15-20,29-32,34,36-39,41-47,52,55-58H,3-14,21-28,33,35,40H2,1-2H3,(H,84,86)(H,85,87). The molecule has 0 spiro atoms. The van der Waals surface area contributed by atoms with Gasteiger partial charge >= 0.3 is 0 Å². The quantitative estimate of drug-likeness (QED) is 0.0678. The van der Waals surface area contributed by atoms with Gasteiger partial charge in [-0.15, -0.1) is 25.5 Å². The Hall–Kier alpha value is -9.13. The Morgan fingerprint density at radius 1 is 0.443 bits per heavy atom. The molecule has 5 saturated carbocycles. The Balaban J connectivity index is 0.907. The number of imidazole rings is 5. The number of nitrogens with one attached hydrogen (secondary N) is 2. The van der Waals surface area contributed by atoms with Crippen LogP contribution in [-0.4, -0.2) is 128 Å². The Kier molecular flexibility index (Phi) is 17.3. The number of rotatable bonds is 20. The fourth-order valence-corrected chi connectivity index (χ4v) is 23.8. The van der Waals surface area contributed by atoms with E-state index in [0.717, 1.165) is 217 Å². The van der Waals surface area contributed by atoms with E-state index in [2.05, 4.69) is 121 Å². The summed E-state index contributed by atoms with van der Waals surface area (Å²) in [4.78, 5) is 44.1. The third-order valence-corrected chi connectivity index (χ3v) is 28.4. The molecular weight excluding hydrogens is 1440 g/mol. The van der Waals surface area contributed by atoms with Crippen molar-refractivity contribution < 1.29 is 9.47 Å². The predicted molar refractivity (Wildman–Crippen MR) is 427 cm³/mol. The number of benzene rings is 3. The molecule has 15 aromatic rings. The summed E-state index contributed by atoms with van der Waals surface area (Å²) in [5.74, 6) is 1.15. The van der Waals surface area contributed by atoms with Gasteiger partial charge in [-0.1, -0.05) is 170 Å². The van der Waals surface area contributed by atoms with Crippen molar-refractivity contribution in [3.8, 4) is 56.5 Å². The summed E-state index contributed by atoms with van der Waals surface area (Å²) < 4.78 is 22.4. The zero-order valence-corrected chi connectivity index (χ0v) is 64.0. The minimum absolute atomic E-state index is 0.0158. The summed E-state index contributed by atoms with van der Waals surface area (Å²) in [7, 11) is 3.36. The molecule has 3 atom stereocenters. The summed E-state index contributed by atoms with van der Waals surface area (Å²) in [6, 6.07) is 28.0. The Morgan fingerprint density at radius 2 is 0.962 bits per heavy atom. The minimum atomic E-state index is -1.20. The van der Waals surface area contributed by atoms with Crippen molar-refractivity contribution in [2.24, 2.45) is 0 Å². The largest absolute Gasteiger partial charge is 0.493 e. The molecule has 106 heavy (non-hydrogen) atoms. The minimum Gasteiger partial charge on any atom is -0.493 e. The van der Waals surface area contributed by atoms with E-state index < -0.39 is 11.3 Å². The molecular formula is C77H81N21O2S6. The fraction of sp³-hybridized carbons (Fsp3) is 0.416. The first kappa shape index (κ1) is 66.3. The van der Waals surface area contributed by atoms with Crippen LogP contribution in [0.15, 0.2) is 133 Å². The molecule has 0 radical (unpaired) electrons. The van der Waals surface area contributed by atoms with Crippen molar-refractivity contribution in [3.63, 3.8) is 0 Å². The van der Waals surface area contributed by atoms with Gasteiger partial charge in [0.05, 0.1) is 73.7 Å². The van der Waals surface area contributed by atoms with Gasteiger partial charge < -0.3 is 34.8 Å². The van der Waals surface area contributed by atoms with Gasteiger partial charge in [0.15, 0.2) is 22.8 Å². The third-order valence-electron chi connectivity index (χ3n) is 23.3. The lowest BCUT2D eigenvalue weighted by Crippen LogP contribution is -2.85. The first-order valence-corrected chi connectivity index (χ1v) is 42.7. The van der Waals surface area contributed by atoms with Crippen molar-refractivity contribution in [3.05, 3.63) is 139 Å². The van der Waals surface area contributed by atoms with E-state index in [1.54, 1.807) is 82.2 Å². The number of thiophene rings is 1. The molecule has 5 aliphatic carbocycles. The van der Waals surface area contributed by atoms with E-state index in [1.807, 2.05) is 59.9 Å². The first-order valence-electron chi connectivity index (χ1n) is 37.7. The monoisotopic (exact) mass is 1520 g/mol. The van der Waals surface area contributed by atoms with Crippen LogP contribution in [0.3, 0.4) is 0 Å². The van der Waals surface area contributed by atoms with Crippen LogP contribution in [0.1, 0.15) is 159 Å². The van der Waals surface area contributed by atoms with Crippen LogP contribution in [0.2, 0.25) is 0 Å². The second-order valence-corrected chi connectivity index (χ2v) is 34.8. The molecule has 3 aromatic carbocycles. The van der Waals surface area contributed by atoms with Gasteiger partial charge in [0, 0.05) is 76.5 Å². The smallest absolute Gasteiger partial charge is 0.214 e. The lowest BCUT2D eigenvalue weighted by molar-refractivity contribution is 0.0876. The molecule has 29 heteroatoms. The molecule has 20 rings (SSSR count). The Labute approximate surface area is 636 Å². The predicted octanol–water partition coefficient (Wildman–Crippen LogP) is 18.5. The molecule has 12 heterocycles.